The Hall–Kier alpha value is -0.300. The Morgan fingerprint density at radius 3 is 1.58 bits per heavy atom. The average molecular weight is 184 g/mol. The van der Waals surface area contributed by atoms with E-state index >= 15 is 0 Å². The highest BCUT2D eigenvalue weighted by atomic mass is 32.1. The van der Waals surface area contributed by atoms with Crippen molar-refractivity contribution in [3.05, 3.63) is 22.9 Å². The standard InChI is InChI=1S/C7H16.C4H4S/c1-3-5-7-6-4-2;1-2-4-5-3-1/h3-7H2,1-2H3;1-4H. The van der Waals surface area contributed by atoms with Crippen molar-refractivity contribution in [3.8, 4) is 0 Å². The first-order chi connectivity index (χ1) is 5.91. The SMILES string of the molecule is CCCCCCC.c1ccsc1. The maximum absolute atomic E-state index is 2.25. The third kappa shape index (κ3) is 9.70. The summed E-state index contributed by atoms with van der Waals surface area (Å²) in [7, 11) is 0. The number of rotatable bonds is 4. The van der Waals surface area contributed by atoms with E-state index in [9.17, 15) is 0 Å². The molecule has 0 aliphatic rings. The zero-order valence-electron chi connectivity index (χ0n) is 8.25. The third-order valence-corrected chi connectivity index (χ3v) is 2.26. The smallest absolute Gasteiger partial charge is 0.00934 e. The molecule has 70 valence electrons. The molecule has 1 heteroatoms. The van der Waals surface area contributed by atoms with Crippen LogP contribution in [0.4, 0.5) is 0 Å². The van der Waals surface area contributed by atoms with Gasteiger partial charge in [-0.15, -0.1) is 0 Å². The quantitative estimate of drug-likeness (QED) is 0.594. The van der Waals surface area contributed by atoms with E-state index in [1.807, 2.05) is 22.9 Å². The number of hydrogen-bond donors (Lipinski definition) is 0. The molecule has 0 atom stereocenters. The first kappa shape index (κ1) is 11.7. The van der Waals surface area contributed by atoms with Gasteiger partial charge in [-0.25, -0.2) is 0 Å². The number of thiophene rings is 1. The Morgan fingerprint density at radius 1 is 0.833 bits per heavy atom. The zero-order valence-corrected chi connectivity index (χ0v) is 9.07. The topological polar surface area (TPSA) is 0 Å². The zero-order chi connectivity index (χ0) is 9.07. The molecule has 1 aromatic heterocycles. The van der Waals surface area contributed by atoms with Crippen molar-refractivity contribution in [3.63, 3.8) is 0 Å². The second-order valence-electron chi connectivity index (χ2n) is 2.85. The van der Waals surface area contributed by atoms with Gasteiger partial charge in [-0.1, -0.05) is 58.1 Å². The van der Waals surface area contributed by atoms with Crippen molar-refractivity contribution >= 4 is 11.3 Å². The van der Waals surface area contributed by atoms with E-state index in [1.165, 1.54) is 32.1 Å². The fourth-order valence-corrected chi connectivity index (χ4v) is 1.36. The molecule has 0 spiro atoms. The van der Waals surface area contributed by atoms with Crippen LogP contribution in [-0.4, -0.2) is 0 Å². The monoisotopic (exact) mass is 184 g/mol. The van der Waals surface area contributed by atoms with Crippen LogP contribution in [0.2, 0.25) is 0 Å². The molecule has 0 unspecified atom stereocenters. The van der Waals surface area contributed by atoms with Crippen LogP contribution in [0.25, 0.3) is 0 Å². The normalized spacial score (nSPS) is 8.83. The molecule has 1 aromatic rings. The second-order valence-corrected chi connectivity index (χ2v) is 3.67. The molecule has 0 aromatic carbocycles. The Morgan fingerprint density at radius 2 is 1.33 bits per heavy atom. The van der Waals surface area contributed by atoms with Crippen LogP contribution in [0, 0.1) is 0 Å². The Kier molecular flexibility index (Phi) is 10.4. The van der Waals surface area contributed by atoms with E-state index in [0.717, 1.165) is 0 Å². The molecule has 0 saturated heterocycles. The van der Waals surface area contributed by atoms with Crippen molar-refractivity contribution < 1.29 is 0 Å². The number of unbranched alkanes of at least 4 members (excludes halogenated alkanes) is 4. The van der Waals surface area contributed by atoms with Gasteiger partial charge in [0.05, 0.1) is 0 Å². The van der Waals surface area contributed by atoms with E-state index in [-0.39, 0.29) is 0 Å². The third-order valence-electron chi connectivity index (χ3n) is 1.63. The van der Waals surface area contributed by atoms with Gasteiger partial charge in [-0.3, -0.25) is 0 Å². The van der Waals surface area contributed by atoms with Gasteiger partial charge in [0.25, 0.3) is 0 Å². The summed E-state index contributed by atoms with van der Waals surface area (Å²) in [6, 6.07) is 4.04. The van der Waals surface area contributed by atoms with Gasteiger partial charge < -0.3 is 0 Å². The molecule has 0 amide bonds. The maximum Gasteiger partial charge on any atom is -0.00934 e. The van der Waals surface area contributed by atoms with Crippen LogP contribution in [-0.2, 0) is 0 Å². The van der Waals surface area contributed by atoms with Crippen molar-refractivity contribution in [1.29, 1.82) is 0 Å². The summed E-state index contributed by atoms with van der Waals surface area (Å²) < 4.78 is 0. The largest absolute Gasteiger partial charge is 0.152 e. The molecule has 0 nitrogen and oxygen atoms in total. The minimum Gasteiger partial charge on any atom is -0.152 e. The first-order valence-corrected chi connectivity index (χ1v) is 5.83. The molecule has 0 bridgehead atoms. The summed E-state index contributed by atoms with van der Waals surface area (Å²) in [5.74, 6) is 0. The van der Waals surface area contributed by atoms with Crippen LogP contribution < -0.4 is 0 Å². The predicted octanol–water partition coefficient (Wildman–Crippen LogP) is 4.72. The van der Waals surface area contributed by atoms with Gasteiger partial charge in [-0.05, 0) is 10.8 Å². The van der Waals surface area contributed by atoms with Gasteiger partial charge in [0.15, 0.2) is 0 Å². The summed E-state index contributed by atoms with van der Waals surface area (Å²) in [4.78, 5) is 0. The fraction of sp³-hybridized carbons (Fsp3) is 0.636. The lowest BCUT2D eigenvalue weighted by atomic mass is 10.2. The Balaban J connectivity index is 0.000000211. The lowest BCUT2D eigenvalue weighted by Crippen LogP contribution is -1.70. The van der Waals surface area contributed by atoms with Crippen LogP contribution >= 0.6 is 11.3 Å². The summed E-state index contributed by atoms with van der Waals surface area (Å²) in [6.45, 7) is 4.49. The average Bonchev–Trinajstić information content (AvgIpc) is 2.62. The summed E-state index contributed by atoms with van der Waals surface area (Å²) in [6.07, 6.45) is 7.01. The van der Waals surface area contributed by atoms with E-state index in [4.69, 9.17) is 0 Å². The maximum atomic E-state index is 2.25. The summed E-state index contributed by atoms with van der Waals surface area (Å²) in [5, 5.41) is 4.08. The van der Waals surface area contributed by atoms with E-state index in [0.29, 0.717) is 0 Å². The second kappa shape index (κ2) is 10.7. The van der Waals surface area contributed by atoms with Crippen molar-refractivity contribution in [2.75, 3.05) is 0 Å². The Bertz CT molecular complexity index is 112. The van der Waals surface area contributed by atoms with Crippen LogP contribution in [0.3, 0.4) is 0 Å². The molecule has 0 radical (unpaired) electrons. The van der Waals surface area contributed by atoms with Crippen molar-refractivity contribution in [1.82, 2.24) is 0 Å². The van der Waals surface area contributed by atoms with E-state index in [1.54, 1.807) is 11.3 Å². The minimum atomic E-state index is 1.36. The summed E-state index contributed by atoms with van der Waals surface area (Å²) in [5.41, 5.74) is 0. The lowest BCUT2D eigenvalue weighted by molar-refractivity contribution is 0.656. The van der Waals surface area contributed by atoms with Crippen LogP contribution in [0.5, 0.6) is 0 Å². The molecule has 0 aliphatic carbocycles. The molecule has 0 N–H and O–H groups in total. The highest BCUT2D eigenvalue weighted by Gasteiger charge is 1.80. The Labute approximate surface area is 80.6 Å². The number of hydrogen-bond acceptors (Lipinski definition) is 1. The highest BCUT2D eigenvalue weighted by molar-refractivity contribution is 7.07. The van der Waals surface area contributed by atoms with Gasteiger partial charge in [-0.2, -0.15) is 11.3 Å². The molecule has 0 aliphatic heterocycles. The molecular formula is C11H20S. The van der Waals surface area contributed by atoms with Gasteiger partial charge >= 0.3 is 0 Å². The highest BCUT2D eigenvalue weighted by Crippen LogP contribution is 2.00. The molecule has 12 heavy (non-hydrogen) atoms. The van der Waals surface area contributed by atoms with Crippen LogP contribution in [0.1, 0.15) is 46.0 Å². The van der Waals surface area contributed by atoms with Gasteiger partial charge in [0.2, 0.25) is 0 Å². The van der Waals surface area contributed by atoms with Gasteiger partial charge in [0, 0.05) is 0 Å². The predicted molar refractivity (Wildman–Crippen MR) is 58.8 cm³/mol. The molecule has 0 saturated carbocycles. The first-order valence-electron chi connectivity index (χ1n) is 4.89. The molecule has 1 heterocycles. The lowest BCUT2D eigenvalue weighted by Gasteiger charge is -1.90. The molecule has 1 rings (SSSR count). The van der Waals surface area contributed by atoms with E-state index in [2.05, 4.69) is 13.8 Å². The van der Waals surface area contributed by atoms with Crippen LogP contribution in [0.15, 0.2) is 22.9 Å². The van der Waals surface area contributed by atoms with Crippen molar-refractivity contribution in [2.45, 2.75) is 46.0 Å². The van der Waals surface area contributed by atoms with Crippen molar-refractivity contribution in [2.24, 2.45) is 0 Å². The fourth-order valence-electron chi connectivity index (χ4n) is 0.904. The van der Waals surface area contributed by atoms with Gasteiger partial charge in [0.1, 0.15) is 0 Å². The minimum absolute atomic E-state index is 1.36. The summed E-state index contributed by atoms with van der Waals surface area (Å²) >= 11 is 1.71. The molecular weight excluding hydrogens is 164 g/mol. The molecule has 0 fully saturated rings. The van der Waals surface area contributed by atoms with E-state index < -0.39 is 0 Å².